The average molecular weight is 577 g/mol. The van der Waals surface area contributed by atoms with Crippen molar-refractivity contribution in [3.63, 3.8) is 0 Å². The number of nitrogens with zero attached hydrogens (tertiary/aromatic N) is 1. The standard InChI is InChI=1S/C26H26Cl2N4O5S/c27-19-10-11-23(21(28)16-19)37-24-9-5-4-8-22(24)31-38(35,36)32(26(34)18-6-2-1-3-7-18)17-25(33)30-20-12-14-29-15-13-20/h1-11,16,20,29,31H,12-15,17H2,(H,30,33). The van der Waals surface area contributed by atoms with E-state index in [2.05, 4.69) is 15.4 Å². The summed E-state index contributed by atoms with van der Waals surface area (Å²) in [6.07, 6.45) is 1.42. The van der Waals surface area contributed by atoms with Gasteiger partial charge in [-0.1, -0.05) is 53.5 Å². The Morgan fingerprint density at radius 2 is 1.63 bits per heavy atom. The van der Waals surface area contributed by atoms with Crippen LogP contribution in [0.4, 0.5) is 5.69 Å². The van der Waals surface area contributed by atoms with Gasteiger partial charge in [-0.2, -0.15) is 8.42 Å². The van der Waals surface area contributed by atoms with Gasteiger partial charge < -0.3 is 15.4 Å². The van der Waals surface area contributed by atoms with Crippen LogP contribution in [0.2, 0.25) is 10.0 Å². The number of benzene rings is 3. The third kappa shape index (κ3) is 7.16. The molecule has 9 nitrogen and oxygen atoms in total. The number of anilines is 1. The summed E-state index contributed by atoms with van der Waals surface area (Å²) in [4.78, 5) is 26.2. The second-order valence-corrected chi connectivity index (χ2v) is 11.0. The lowest BCUT2D eigenvalue weighted by atomic mass is 10.1. The van der Waals surface area contributed by atoms with Crippen molar-refractivity contribution in [3.8, 4) is 11.5 Å². The molecule has 0 bridgehead atoms. The highest BCUT2D eigenvalue weighted by Crippen LogP contribution is 2.35. The maximum absolute atomic E-state index is 13.6. The Balaban J connectivity index is 1.60. The summed E-state index contributed by atoms with van der Waals surface area (Å²) in [5.41, 5.74) is 0.160. The van der Waals surface area contributed by atoms with Gasteiger partial charge in [0.05, 0.1) is 10.7 Å². The number of ether oxygens (including phenoxy) is 1. The summed E-state index contributed by atoms with van der Waals surface area (Å²) in [5.74, 6) is -1.05. The largest absolute Gasteiger partial charge is 0.454 e. The van der Waals surface area contributed by atoms with Gasteiger partial charge in [0.1, 0.15) is 12.3 Å². The third-order valence-electron chi connectivity index (χ3n) is 5.77. The van der Waals surface area contributed by atoms with Crippen molar-refractivity contribution in [1.82, 2.24) is 14.9 Å². The minimum Gasteiger partial charge on any atom is -0.454 e. The van der Waals surface area contributed by atoms with Crippen LogP contribution >= 0.6 is 23.2 Å². The fraction of sp³-hybridized carbons (Fsp3) is 0.231. The molecule has 3 aromatic carbocycles. The van der Waals surface area contributed by atoms with Gasteiger partial charge in [-0.15, -0.1) is 0 Å². The van der Waals surface area contributed by atoms with Crippen LogP contribution in [-0.4, -0.2) is 50.2 Å². The van der Waals surface area contributed by atoms with Crippen LogP contribution in [-0.2, 0) is 15.0 Å². The molecule has 4 rings (SSSR count). The van der Waals surface area contributed by atoms with Crippen LogP contribution in [0.3, 0.4) is 0 Å². The number of para-hydroxylation sites is 2. The number of halogens is 2. The molecule has 0 unspecified atom stereocenters. The SMILES string of the molecule is O=C(CN(C(=O)c1ccccc1)S(=O)(=O)Nc1ccccc1Oc1ccc(Cl)cc1Cl)NC1CCNCC1. The van der Waals surface area contributed by atoms with Crippen molar-refractivity contribution in [2.75, 3.05) is 24.4 Å². The Bertz CT molecular complexity index is 1400. The monoisotopic (exact) mass is 576 g/mol. The van der Waals surface area contributed by atoms with E-state index in [4.69, 9.17) is 27.9 Å². The molecule has 0 aliphatic carbocycles. The normalized spacial score (nSPS) is 13.9. The summed E-state index contributed by atoms with van der Waals surface area (Å²) < 4.78 is 35.9. The quantitative estimate of drug-likeness (QED) is 0.346. The molecule has 1 saturated heterocycles. The second-order valence-electron chi connectivity index (χ2n) is 8.55. The van der Waals surface area contributed by atoms with Crippen molar-refractivity contribution in [1.29, 1.82) is 0 Å². The molecule has 3 N–H and O–H groups in total. The van der Waals surface area contributed by atoms with E-state index in [0.29, 0.717) is 22.2 Å². The van der Waals surface area contributed by atoms with E-state index in [-0.39, 0.29) is 33.8 Å². The second kappa shape index (κ2) is 12.5. The van der Waals surface area contributed by atoms with Crippen LogP contribution in [0.5, 0.6) is 11.5 Å². The van der Waals surface area contributed by atoms with E-state index in [1.54, 1.807) is 42.5 Å². The molecule has 12 heteroatoms. The van der Waals surface area contributed by atoms with Gasteiger partial charge >= 0.3 is 10.2 Å². The molecule has 1 aliphatic rings. The zero-order valence-corrected chi connectivity index (χ0v) is 22.5. The molecule has 200 valence electrons. The first kappa shape index (κ1) is 27.7. The molecular formula is C26H26Cl2N4O5S. The molecule has 1 aliphatic heterocycles. The Kier molecular flexibility index (Phi) is 9.11. The number of hydrogen-bond donors (Lipinski definition) is 3. The van der Waals surface area contributed by atoms with Crippen molar-refractivity contribution in [2.45, 2.75) is 18.9 Å². The van der Waals surface area contributed by atoms with Gasteiger partial charge in [0.2, 0.25) is 5.91 Å². The third-order valence-corrected chi connectivity index (χ3v) is 7.65. The molecule has 3 aromatic rings. The topological polar surface area (TPSA) is 117 Å². The highest BCUT2D eigenvalue weighted by Gasteiger charge is 2.32. The Morgan fingerprint density at radius 1 is 0.947 bits per heavy atom. The van der Waals surface area contributed by atoms with Crippen LogP contribution in [0.15, 0.2) is 72.8 Å². The van der Waals surface area contributed by atoms with Crippen LogP contribution in [0.25, 0.3) is 0 Å². The molecule has 2 amide bonds. The molecule has 0 spiro atoms. The highest BCUT2D eigenvalue weighted by molar-refractivity contribution is 7.91. The fourth-order valence-electron chi connectivity index (χ4n) is 3.87. The summed E-state index contributed by atoms with van der Waals surface area (Å²) >= 11 is 12.2. The Labute approximate surface area is 231 Å². The minimum atomic E-state index is -4.56. The number of nitrogens with one attached hydrogen (secondary N) is 3. The molecule has 0 aromatic heterocycles. The molecular weight excluding hydrogens is 551 g/mol. The van der Waals surface area contributed by atoms with Crippen molar-refractivity contribution >= 4 is 50.9 Å². The van der Waals surface area contributed by atoms with Gasteiger partial charge in [0.25, 0.3) is 5.91 Å². The molecule has 1 fully saturated rings. The van der Waals surface area contributed by atoms with Gasteiger partial charge in [-0.05, 0) is 68.4 Å². The molecule has 0 atom stereocenters. The predicted molar refractivity (Wildman–Crippen MR) is 147 cm³/mol. The number of rotatable bonds is 9. The zero-order valence-electron chi connectivity index (χ0n) is 20.2. The lowest BCUT2D eigenvalue weighted by molar-refractivity contribution is -0.121. The van der Waals surface area contributed by atoms with Crippen LogP contribution in [0.1, 0.15) is 23.2 Å². The van der Waals surface area contributed by atoms with Crippen molar-refractivity contribution in [3.05, 3.63) is 88.4 Å². The Morgan fingerprint density at radius 3 is 2.34 bits per heavy atom. The first-order valence-electron chi connectivity index (χ1n) is 11.8. The maximum Gasteiger partial charge on any atom is 0.327 e. The average Bonchev–Trinajstić information content (AvgIpc) is 2.90. The summed E-state index contributed by atoms with van der Waals surface area (Å²) in [5, 5.41) is 6.67. The molecule has 1 heterocycles. The summed E-state index contributed by atoms with van der Waals surface area (Å²) in [6.45, 7) is 0.788. The lowest BCUT2D eigenvalue weighted by Crippen LogP contribution is -2.50. The number of carbonyl (C=O) groups excluding carboxylic acids is 2. The predicted octanol–water partition coefficient (Wildman–Crippen LogP) is 4.45. The van der Waals surface area contributed by atoms with Gasteiger partial charge in [0, 0.05) is 16.6 Å². The van der Waals surface area contributed by atoms with E-state index in [0.717, 1.165) is 13.1 Å². The molecule has 0 saturated carbocycles. The Hall–Kier alpha value is -3.31. The van der Waals surface area contributed by atoms with E-state index < -0.39 is 28.6 Å². The van der Waals surface area contributed by atoms with E-state index in [1.165, 1.54) is 30.3 Å². The van der Waals surface area contributed by atoms with E-state index in [1.807, 2.05) is 0 Å². The first-order chi connectivity index (χ1) is 18.2. The van der Waals surface area contributed by atoms with Crippen LogP contribution < -0.4 is 20.1 Å². The van der Waals surface area contributed by atoms with Gasteiger partial charge in [-0.3, -0.25) is 14.3 Å². The van der Waals surface area contributed by atoms with Crippen LogP contribution in [0, 0.1) is 0 Å². The number of carbonyl (C=O) groups is 2. The highest BCUT2D eigenvalue weighted by atomic mass is 35.5. The van der Waals surface area contributed by atoms with Crippen molar-refractivity contribution in [2.24, 2.45) is 0 Å². The molecule has 38 heavy (non-hydrogen) atoms. The van der Waals surface area contributed by atoms with Crippen molar-refractivity contribution < 1.29 is 22.7 Å². The molecule has 0 radical (unpaired) electrons. The smallest absolute Gasteiger partial charge is 0.327 e. The number of hydrogen-bond acceptors (Lipinski definition) is 6. The van der Waals surface area contributed by atoms with Gasteiger partial charge in [0.15, 0.2) is 5.75 Å². The van der Waals surface area contributed by atoms with E-state index in [9.17, 15) is 18.0 Å². The number of piperidine rings is 1. The number of amides is 2. The summed E-state index contributed by atoms with van der Waals surface area (Å²) in [6, 6.07) is 18.7. The van der Waals surface area contributed by atoms with Gasteiger partial charge in [-0.25, -0.2) is 4.31 Å². The summed E-state index contributed by atoms with van der Waals surface area (Å²) in [7, 11) is -4.56. The first-order valence-corrected chi connectivity index (χ1v) is 14.0. The maximum atomic E-state index is 13.6. The van der Waals surface area contributed by atoms with E-state index >= 15 is 0 Å². The zero-order chi connectivity index (χ0) is 27.1. The minimum absolute atomic E-state index is 0.0446. The lowest BCUT2D eigenvalue weighted by Gasteiger charge is -2.27. The fourth-order valence-corrected chi connectivity index (χ4v) is 5.49.